The first-order chi connectivity index (χ1) is 13.9. The standard InChI is InChI=1S/C22H32N4O2S.HI/c1-5-16(3)26-20(27)18-10-7-9-17(13-18)14-24-21(23-6-2)25-15-22(4,28)19-11-8-12-29-19;/h7-13,16,28H,5-6,14-15H2,1-4H3,(H,26,27)(H2,23,24,25);1H. The summed E-state index contributed by atoms with van der Waals surface area (Å²) in [6.45, 7) is 9.30. The molecule has 0 fully saturated rings. The van der Waals surface area contributed by atoms with Gasteiger partial charge in [-0.3, -0.25) is 4.79 Å². The van der Waals surface area contributed by atoms with Gasteiger partial charge in [-0.1, -0.05) is 25.1 Å². The van der Waals surface area contributed by atoms with Gasteiger partial charge in [-0.05, 0) is 56.3 Å². The highest BCUT2D eigenvalue weighted by Crippen LogP contribution is 2.24. The zero-order valence-corrected chi connectivity index (χ0v) is 21.2. The first kappa shape index (κ1) is 26.4. The summed E-state index contributed by atoms with van der Waals surface area (Å²) in [6, 6.07) is 11.5. The molecule has 8 heteroatoms. The molecule has 0 bridgehead atoms. The predicted octanol–water partition coefficient (Wildman–Crippen LogP) is 3.86. The lowest BCUT2D eigenvalue weighted by Gasteiger charge is -2.23. The Morgan fingerprint density at radius 3 is 2.63 bits per heavy atom. The molecule has 2 unspecified atom stereocenters. The number of thiophene rings is 1. The van der Waals surface area contributed by atoms with E-state index < -0.39 is 5.60 Å². The number of aliphatic hydroxyl groups is 1. The van der Waals surface area contributed by atoms with Gasteiger partial charge in [0.2, 0.25) is 0 Å². The van der Waals surface area contributed by atoms with Crippen LogP contribution in [0.2, 0.25) is 0 Å². The number of hydrogen-bond donors (Lipinski definition) is 4. The molecule has 4 N–H and O–H groups in total. The molecule has 0 aliphatic carbocycles. The summed E-state index contributed by atoms with van der Waals surface area (Å²) in [5.74, 6) is 0.556. The zero-order valence-electron chi connectivity index (χ0n) is 18.1. The molecule has 0 aliphatic heterocycles. The van der Waals surface area contributed by atoms with Crippen LogP contribution in [0.25, 0.3) is 0 Å². The number of carbonyl (C=O) groups excluding carboxylic acids is 1. The highest BCUT2D eigenvalue weighted by molar-refractivity contribution is 14.0. The number of aliphatic imine (C=N–C) groups is 1. The van der Waals surface area contributed by atoms with E-state index >= 15 is 0 Å². The van der Waals surface area contributed by atoms with Gasteiger partial charge < -0.3 is 21.1 Å². The van der Waals surface area contributed by atoms with E-state index in [1.807, 2.05) is 62.5 Å². The molecule has 166 valence electrons. The SMILES string of the molecule is CCNC(=NCc1cccc(C(=O)NC(C)CC)c1)NCC(C)(O)c1cccs1.I. The fourth-order valence-electron chi connectivity index (χ4n) is 2.66. The number of halogens is 1. The van der Waals surface area contributed by atoms with Crippen molar-refractivity contribution in [1.82, 2.24) is 16.0 Å². The smallest absolute Gasteiger partial charge is 0.251 e. The van der Waals surface area contributed by atoms with Crippen molar-refractivity contribution in [3.63, 3.8) is 0 Å². The van der Waals surface area contributed by atoms with Gasteiger partial charge in [0, 0.05) is 23.0 Å². The Bertz CT molecular complexity index is 809. The van der Waals surface area contributed by atoms with Crippen LogP contribution in [-0.4, -0.2) is 36.1 Å². The average molecular weight is 545 g/mol. The van der Waals surface area contributed by atoms with Crippen molar-refractivity contribution in [2.45, 2.75) is 52.3 Å². The van der Waals surface area contributed by atoms with E-state index in [0.29, 0.717) is 31.2 Å². The zero-order chi connectivity index (χ0) is 21.3. The third-order valence-electron chi connectivity index (χ3n) is 4.60. The summed E-state index contributed by atoms with van der Waals surface area (Å²) < 4.78 is 0. The van der Waals surface area contributed by atoms with E-state index in [4.69, 9.17) is 0 Å². The van der Waals surface area contributed by atoms with Gasteiger partial charge in [0.05, 0.1) is 13.1 Å². The molecule has 0 aliphatic rings. The largest absolute Gasteiger partial charge is 0.383 e. The minimum Gasteiger partial charge on any atom is -0.383 e. The first-order valence-electron chi connectivity index (χ1n) is 10.0. The lowest BCUT2D eigenvalue weighted by Crippen LogP contribution is -2.44. The van der Waals surface area contributed by atoms with Crippen LogP contribution in [0, 0.1) is 0 Å². The Labute approximate surface area is 200 Å². The molecule has 0 spiro atoms. The summed E-state index contributed by atoms with van der Waals surface area (Å²) in [6.07, 6.45) is 0.892. The minimum absolute atomic E-state index is 0. The number of nitrogens with zero attached hydrogens (tertiary/aromatic N) is 1. The number of guanidine groups is 1. The maximum Gasteiger partial charge on any atom is 0.251 e. The number of carbonyl (C=O) groups is 1. The number of benzene rings is 1. The maximum atomic E-state index is 12.3. The molecule has 0 saturated heterocycles. The predicted molar refractivity (Wildman–Crippen MR) is 136 cm³/mol. The molecule has 0 saturated carbocycles. The van der Waals surface area contributed by atoms with Gasteiger partial charge in [0.25, 0.3) is 5.91 Å². The van der Waals surface area contributed by atoms with Gasteiger partial charge in [-0.2, -0.15) is 0 Å². The van der Waals surface area contributed by atoms with E-state index in [0.717, 1.165) is 16.9 Å². The topological polar surface area (TPSA) is 85.8 Å². The van der Waals surface area contributed by atoms with Crippen LogP contribution in [0.5, 0.6) is 0 Å². The molecule has 2 atom stereocenters. The van der Waals surface area contributed by atoms with Gasteiger partial charge in [-0.25, -0.2) is 4.99 Å². The molecule has 1 heterocycles. The number of hydrogen-bond acceptors (Lipinski definition) is 4. The molecular weight excluding hydrogens is 511 g/mol. The van der Waals surface area contributed by atoms with Gasteiger partial charge in [-0.15, -0.1) is 35.3 Å². The second kappa shape index (κ2) is 12.9. The van der Waals surface area contributed by atoms with Gasteiger partial charge in [0.15, 0.2) is 5.96 Å². The van der Waals surface area contributed by atoms with E-state index in [-0.39, 0.29) is 35.9 Å². The minimum atomic E-state index is -0.974. The summed E-state index contributed by atoms with van der Waals surface area (Å²) in [4.78, 5) is 17.8. The van der Waals surface area contributed by atoms with Crippen molar-refractivity contribution in [3.8, 4) is 0 Å². The lowest BCUT2D eigenvalue weighted by molar-refractivity contribution is 0.0655. The van der Waals surface area contributed by atoms with Gasteiger partial charge in [0.1, 0.15) is 5.60 Å². The summed E-state index contributed by atoms with van der Waals surface area (Å²) >= 11 is 1.53. The monoisotopic (exact) mass is 544 g/mol. The molecule has 0 radical (unpaired) electrons. The lowest BCUT2D eigenvalue weighted by atomic mass is 10.1. The Kier molecular flexibility index (Phi) is 11.4. The molecule has 6 nitrogen and oxygen atoms in total. The second-order valence-corrected chi connectivity index (χ2v) is 8.23. The third-order valence-corrected chi connectivity index (χ3v) is 5.72. The summed E-state index contributed by atoms with van der Waals surface area (Å²) in [5.41, 5.74) is 0.610. The van der Waals surface area contributed by atoms with E-state index in [1.54, 1.807) is 6.92 Å². The van der Waals surface area contributed by atoms with Crippen LogP contribution < -0.4 is 16.0 Å². The average Bonchev–Trinajstić information content (AvgIpc) is 3.26. The maximum absolute atomic E-state index is 12.3. The van der Waals surface area contributed by atoms with Crippen LogP contribution in [0.1, 0.15) is 54.9 Å². The first-order valence-corrected chi connectivity index (χ1v) is 10.9. The van der Waals surface area contributed by atoms with Crippen LogP contribution >= 0.6 is 35.3 Å². The van der Waals surface area contributed by atoms with Crippen LogP contribution in [0.3, 0.4) is 0 Å². The van der Waals surface area contributed by atoms with Crippen LogP contribution in [0.4, 0.5) is 0 Å². The van der Waals surface area contributed by atoms with E-state index in [1.165, 1.54) is 11.3 Å². The van der Waals surface area contributed by atoms with Crippen LogP contribution in [0.15, 0.2) is 46.8 Å². The number of amides is 1. The summed E-state index contributed by atoms with van der Waals surface area (Å²) in [5, 5.41) is 22.0. The Hall–Kier alpha value is -1.65. The van der Waals surface area contributed by atoms with Crippen molar-refractivity contribution in [2.24, 2.45) is 4.99 Å². The highest BCUT2D eigenvalue weighted by atomic mass is 127. The molecular formula is C22H33IN4O2S. The third kappa shape index (κ3) is 8.23. The molecule has 1 aromatic heterocycles. The van der Waals surface area contributed by atoms with Crippen molar-refractivity contribution < 1.29 is 9.90 Å². The summed E-state index contributed by atoms with van der Waals surface area (Å²) in [7, 11) is 0. The second-order valence-electron chi connectivity index (χ2n) is 7.28. The van der Waals surface area contributed by atoms with E-state index in [9.17, 15) is 9.90 Å². The molecule has 30 heavy (non-hydrogen) atoms. The fourth-order valence-corrected chi connectivity index (χ4v) is 3.45. The number of nitrogens with one attached hydrogen (secondary N) is 3. The Morgan fingerprint density at radius 2 is 2.00 bits per heavy atom. The van der Waals surface area contributed by atoms with Crippen molar-refractivity contribution in [3.05, 3.63) is 57.8 Å². The van der Waals surface area contributed by atoms with Crippen molar-refractivity contribution in [2.75, 3.05) is 13.1 Å². The molecule has 1 aromatic carbocycles. The Balaban J connectivity index is 0.00000450. The van der Waals surface area contributed by atoms with E-state index in [2.05, 4.69) is 20.9 Å². The van der Waals surface area contributed by atoms with Crippen LogP contribution in [-0.2, 0) is 12.1 Å². The number of rotatable bonds is 9. The van der Waals surface area contributed by atoms with Crippen molar-refractivity contribution in [1.29, 1.82) is 0 Å². The highest BCUT2D eigenvalue weighted by Gasteiger charge is 2.24. The Morgan fingerprint density at radius 1 is 1.23 bits per heavy atom. The quantitative estimate of drug-likeness (QED) is 0.220. The fraction of sp³-hybridized carbons (Fsp3) is 0.455. The van der Waals surface area contributed by atoms with Crippen molar-refractivity contribution >= 4 is 47.2 Å². The van der Waals surface area contributed by atoms with Gasteiger partial charge >= 0.3 is 0 Å². The molecule has 2 rings (SSSR count). The molecule has 2 aromatic rings. The molecule has 1 amide bonds. The normalized spacial score (nSPS) is 14.2.